The molecule has 1 amide bonds. The number of carbonyl (C=O) groups is 1. The van der Waals surface area contributed by atoms with Gasteiger partial charge in [-0.2, -0.15) is 0 Å². The summed E-state index contributed by atoms with van der Waals surface area (Å²) >= 11 is 0. The summed E-state index contributed by atoms with van der Waals surface area (Å²) < 4.78 is 26.9. The Morgan fingerprint density at radius 3 is 2.46 bits per heavy atom. The molecule has 0 saturated heterocycles. The van der Waals surface area contributed by atoms with Gasteiger partial charge < -0.3 is 11.1 Å². The van der Waals surface area contributed by atoms with Crippen molar-refractivity contribution < 1.29 is 13.2 Å². The Morgan fingerprint density at radius 1 is 1.21 bits per heavy atom. The van der Waals surface area contributed by atoms with E-state index in [1.807, 2.05) is 30.3 Å². The molecule has 7 heteroatoms. The summed E-state index contributed by atoms with van der Waals surface area (Å²) in [5.74, 6) is -0.438. The van der Waals surface area contributed by atoms with E-state index in [9.17, 15) is 13.2 Å². The number of nitrogens with one attached hydrogen (secondary N) is 2. The molecule has 1 atom stereocenters. The van der Waals surface area contributed by atoms with E-state index in [1.54, 1.807) is 0 Å². The Kier molecular flexibility index (Phi) is 6.77. The highest BCUT2D eigenvalue weighted by atomic mass is 32.2. The van der Waals surface area contributed by atoms with E-state index < -0.39 is 21.7 Å². The van der Waals surface area contributed by atoms with Gasteiger partial charge in [-0.3, -0.25) is 4.79 Å². The maximum Gasteiger partial charge on any atom is 0.236 e. The lowest BCUT2D eigenvalue weighted by molar-refractivity contribution is -0.118. The number of benzene rings is 1. The van der Waals surface area contributed by atoms with E-state index in [0.29, 0.717) is 5.92 Å². The van der Waals surface area contributed by atoms with Crippen LogP contribution in [0.15, 0.2) is 30.3 Å². The molecule has 1 aliphatic rings. The molecule has 24 heavy (non-hydrogen) atoms. The Bertz CT molecular complexity index is 626. The summed E-state index contributed by atoms with van der Waals surface area (Å²) in [6, 6.07) is 8.97. The first-order valence-electron chi connectivity index (χ1n) is 8.43. The number of hydrogen-bond acceptors (Lipinski definition) is 4. The number of rotatable bonds is 7. The molecule has 6 nitrogen and oxygen atoms in total. The molecule has 0 aromatic heterocycles. The lowest BCUT2D eigenvalue weighted by Gasteiger charge is -2.26. The van der Waals surface area contributed by atoms with Gasteiger partial charge in [-0.15, -0.1) is 0 Å². The molecule has 1 aliphatic carbocycles. The molecule has 0 radical (unpaired) electrons. The van der Waals surface area contributed by atoms with Crippen LogP contribution in [-0.2, 0) is 14.8 Å². The van der Waals surface area contributed by atoms with Crippen LogP contribution in [0.5, 0.6) is 0 Å². The van der Waals surface area contributed by atoms with Crippen LogP contribution < -0.4 is 15.8 Å². The maximum absolute atomic E-state index is 12.1. The average molecular weight is 353 g/mol. The van der Waals surface area contributed by atoms with Crippen molar-refractivity contribution in [2.24, 2.45) is 11.7 Å². The minimum absolute atomic E-state index is 0.0504. The van der Waals surface area contributed by atoms with Crippen LogP contribution in [-0.4, -0.2) is 32.7 Å². The van der Waals surface area contributed by atoms with Gasteiger partial charge >= 0.3 is 0 Å². The van der Waals surface area contributed by atoms with Crippen LogP contribution in [0.2, 0.25) is 0 Å². The predicted molar refractivity (Wildman–Crippen MR) is 94.7 cm³/mol. The van der Waals surface area contributed by atoms with Crippen molar-refractivity contribution in [3.8, 4) is 0 Å². The van der Waals surface area contributed by atoms with Crippen LogP contribution >= 0.6 is 0 Å². The largest absolute Gasteiger partial charge is 0.353 e. The van der Waals surface area contributed by atoms with E-state index in [4.69, 9.17) is 5.73 Å². The lowest BCUT2D eigenvalue weighted by atomic mass is 9.88. The average Bonchev–Trinajstić information content (AvgIpc) is 2.55. The Hall–Kier alpha value is -1.44. The maximum atomic E-state index is 12.1. The van der Waals surface area contributed by atoms with E-state index >= 15 is 0 Å². The molecule has 1 unspecified atom stereocenters. The highest BCUT2D eigenvalue weighted by Gasteiger charge is 2.24. The Balaban J connectivity index is 1.76. The number of sulfonamides is 1. The monoisotopic (exact) mass is 353 g/mol. The second-order valence-corrected chi connectivity index (χ2v) is 8.41. The Labute approximate surface area is 144 Å². The van der Waals surface area contributed by atoms with E-state index in [0.717, 1.165) is 31.2 Å². The number of hydrogen-bond donors (Lipinski definition) is 3. The zero-order valence-corrected chi connectivity index (χ0v) is 14.9. The third-order valence-electron chi connectivity index (χ3n) is 4.43. The SMILES string of the molecule is CC1CCC(NS(=O)(=O)CC(=O)NCC(N)c2ccccc2)CC1. The quantitative estimate of drug-likeness (QED) is 0.688. The Morgan fingerprint density at radius 2 is 1.83 bits per heavy atom. The predicted octanol–water partition coefficient (Wildman–Crippen LogP) is 1.30. The summed E-state index contributed by atoms with van der Waals surface area (Å²) in [5.41, 5.74) is 6.89. The van der Waals surface area contributed by atoms with E-state index in [-0.39, 0.29) is 18.6 Å². The van der Waals surface area contributed by atoms with Gasteiger partial charge in [0.1, 0.15) is 5.75 Å². The zero-order chi connectivity index (χ0) is 17.6. The van der Waals surface area contributed by atoms with Crippen LogP contribution in [0.1, 0.15) is 44.2 Å². The van der Waals surface area contributed by atoms with Gasteiger partial charge in [-0.1, -0.05) is 37.3 Å². The smallest absolute Gasteiger partial charge is 0.236 e. The number of amides is 1. The molecule has 1 aromatic rings. The summed E-state index contributed by atoms with van der Waals surface area (Å²) in [6.45, 7) is 2.38. The fourth-order valence-corrected chi connectivity index (χ4v) is 4.21. The van der Waals surface area contributed by atoms with Gasteiger partial charge in [0.2, 0.25) is 15.9 Å². The van der Waals surface area contributed by atoms with Crippen molar-refractivity contribution in [2.75, 3.05) is 12.3 Å². The summed E-state index contributed by atoms with van der Waals surface area (Å²) in [4.78, 5) is 11.9. The topological polar surface area (TPSA) is 101 Å². The third kappa shape index (κ3) is 6.22. The van der Waals surface area contributed by atoms with Crippen molar-refractivity contribution in [1.82, 2.24) is 10.0 Å². The normalized spacial score (nSPS) is 22.8. The van der Waals surface area contributed by atoms with Gasteiger partial charge in [-0.25, -0.2) is 13.1 Å². The molecule has 1 saturated carbocycles. The first-order valence-corrected chi connectivity index (χ1v) is 10.1. The highest BCUT2D eigenvalue weighted by Crippen LogP contribution is 2.23. The molecule has 1 fully saturated rings. The van der Waals surface area contributed by atoms with Crippen LogP contribution in [0.3, 0.4) is 0 Å². The molecule has 0 spiro atoms. The zero-order valence-electron chi connectivity index (χ0n) is 14.1. The molecule has 0 aliphatic heterocycles. The van der Waals surface area contributed by atoms with E-state index in [1.165, 1.54) is 0 Å². The minimum atomic E-state index is -3.61. The van der Waals surface area contributed by atoms with Crippen LogP contribution in [0, 0.1) is 5.92 Å². The van der Waals surface area contributed by atoms with Gasteiger partial charge in [-0.05, 0) is 37.2 Å². The van der Waals surface area contributed by atoms with Gasteiger partial charge in [0.05, 0.1) is 0 Å². The van der Waals surface area contributed by atoms with Gasteiger partial charge in [0, 0.05) is 18.6 Å². The minimum Gasteiger partial charge on any atom is -0.353 e. The van der Waals surface area contributed by atoms with Crippen molar-refractivity contribution in [3.63, 3.8) is 0 Å². The van der Waals surface area contributed by atoms with Crippen molar-refractivity contribution in [2.45, 2.75) is 44.7 Å². The number of carbonyl (C=O) groups excluding carboxylic acids is 1. The lowest BCUT2D eigenvalue weighted by Crippen LogP contribution is -2.43. The van der Waals surface area contributed by atoms with Gasteiger partial charge in [0.25, 0.3) is 0 Å². The molecule has 0 bridgehead atoms. The molecule has 1 aromatic carbocycles. The highest BCUT2D eigenvalue weighted by molar-refractivity contribution is 7.90. The first-order chi connectivity index (χ1) is 11.4. The van der Waals surface area contributed by atoms with Crippen molar-refractivity contribution >= 4 is 15.9 Å². The van der Waals surface area contributed by atoms with Crippen LogP contribution in [0.25, 0.3) is 0 Å². The molecular formula is C17H27N3O3S. The van der Waals surface area contributed by atoms with Crippen molar-refractivity contribution in [1.29, 1.82) is 0 Å². The van der Waals surface area contributed by atoms with E-state index in [2.05, 4.69) is 17.0 Å². The fraction of sp³-hybridized carbons (Fsp3) is 0.588. The standard InChI is InChI=1S/C17H27N3O3S/c1-13-7-9-15(10-8-13)20-24(22,23)12-17(21)19-11-16(18)14-5-3-2-4-6-14/h2-6,13,15-16,20H,7-12,18H2,1H3,(H,19,21). The van der Waals surface area contributed by atoms with Crippen molar-refractivity contribution in [3.05, 3.63) is 35.9 Å². The second kappa shape index (κ2) is 8.60. The van der Waals surface area contributed by atoms with Gasteiger partial charge in [0.15, 0.2) is 0 Å². The summed E-state index contributed by atoms with van der Waals surface area (Å²) in [5, 5.41) is 2.60. The summed E-state index contributed by atoms with van der Waals surface area (Å²) in [6.07, 6.45) is 3.71. The first kappa shape index (κ1) is 18.9. The third-order valence-corrected chi connectivity index (χ3v) is 5.76. The molecule has 134 valence electrons. The molecule has 2 rings (SSSR count). The molecular weight excluding hydrogens is 326 g/mol. The van der Waals surface area contributed by atoms with Crippen LogP contribution in [0.4, 0.5) is 0 Å². The summed E-state index contributed by atoms with van der Waals surface area (Å²) in [7, 11) is -3.61. The molecule has 4 N–H and O–H groups in total. The fourth-order valence-electron chi connectivity index (χ4n) is 2.94. The molecule has 0 heterocycles. The number of nitrogens with two attached hydrogens (primary N) is 1. The second-order valence-electron chi connectivity index (χ2n) is 6.65.